The summed E-state index contributed by atoms with van der Waals surface area (Å²) in [6.45, 7) is 5.13. The Morgan fingerprint density at radius 3 is 2.89 bits per heavy atom. The summed E-state index contributed by atoms with van der Waals surface area (Å²) >= 11 is 0. The zero-order valence-electron chi connectivity index (χ0n) is 11.3. The Labute approximate surface area is 112 Å². The molecule has 0 spiro atoms. The highest BCUT2D eigenvalue weighted by atomic mass is 16.2. The van der Waals surface area contributed by atoms with Crippen LogP contribution in [-0.2, 0) is 22.7 Å². The maximum absolute atomic E-state index is 12.2. The van der Waals surface area contributed by atoms with E-state index >= 15 is 0 Å². The second-order valence-electron chi connectivity index (χ2n) is 4.62. The van der Waals surface area contributed by atoms with Crippen LogP contribution < -0.4 is 5.32 Å². The first-order valence-corrected chi connectivity index (χ1v) is 6.60. The van der Waals surface area contributed by atoms with Crippen LogP contribution in [0.15, 0.2) is 6.33 Å². The van der Waals surface area contributed by atoms with Gasteiger partial charge in [-0.05, 0) is 12.8 Å². The van der Waals surface area contributed by atoms with Gasteiger partial charge in [-0.25, -0.2) is 9.67 Å². The van der Waals surface area contributed by atoms with Gasteiger partial charge < -0.3 is 10.2 Å². The first-order chi connectivity index (χ1) is 9.15. The highest BCUT2D eigenvalue weighted by Gasteiger charge is 2.31. The van der Waals surface area contributed by atoms with E-state index in [4.69, 9.17) is 0 Å². The average molecular weight is 265 g/mol. The number of piperazine rings is 1. The van der Waals surface area contributed by atoms with Crippen molar-refractivity contribution in [1.82, 2.24) is 25.0 Å². The van der Waals surface area contributed by atoms with Crippen molar-refractivity contribution in [3.8, 4) is 0 Å². The molecule has 0 saturated carbocycles. The molecule has 0 aliphatic carbocycles. The Bertz CT molecular complexity index is 470. The van der Waals surface area contributed by atoms with E-state index in [1.165, 1.54) is 6.33 Å². The third kappa shape index (κ3) is 2.91. The maximum Gasteiger partial charge on any atom is 0.246 e. The summed E-state index contributed by atoms with van der Waals surface area (Å²) in [7, 11) is 0. The third-order valence-corrected chi connectivity index (χ3v) is 3.15. The number of carbonyl (C=O) groups excluding carboxylic acids is 2. The predicted molar refractivity (Wildman–Crippen MR) is 68.0 cm³/mol. The van der Waals surface area contributed by atoms with Crippen molar-refractivity contribution in [3.63, 3.8) is 0 Å². The van der Waals surface area contributed by atoms with Crippen LogP contribution in [0, 0.1) is 0 Å². The van der Waals surface area contributed by atoms with Crippen LogP contribution in [0.2, 0.25) is 0 Å². The molecular formula is C12H19N5O2. The van der Waals surface area contributed by atoms with Gasteiger partial charge in [-0.2, -0.15) is 5.10 Å². The normalized spacial score (nSPS) is 19.7. The number of nitrogens with one attached hydrogen (secondary N) is 1. The summed E-state index contributed by atoms with van der Waals surface area (Å²) in [5, 5.41) is 6.81. The molecule has 0 bridgehead atoms. The van der Waals surface area contributed by atoms with Crippen molar-refractivity contribution < 1.29 is 9.59 Å². The highest BCUT2D eigenvalue weighted by Crippen LogP contribution is 2.09. The van der Waals surface area contributed by atoms with Crippen molar-refractivity contribution in [2.24, 2.45) is 0 Å². The smallest absolute Gasteiger partial charge is 0.246 e. The number of hydrogen-bond acceptors (Lipinski definition) is 4. The van der Waals surface area contributed by atoms with Crippen LogP contribution >= 0.6 is 0 Å². The second-order valence-corrected chi connectivity index (χ2v) is 4.62. The van der Waals surface area contributed by atoms with E-state index in [1.807, 2.05) is 6.92 Å². The van der Waals surface area contributed by atoms with Crippen molar-refractivity contribution in [1.29, 1.82) is 0 Å². The van der Waals surface area contributed by atoms with Gasteiger partial charge in [0.15, 0.2) is 0 Å². The lowest BCUT2D eigenvalue weighted by molar-refractivity contribution is -0.145. The average Bonchev–Trinajstić information content (AvgIpc) is 2.81. The Balaban J connectivity index is 2.10. The molecule has 0 aromatic carbocycles. The molecule has 2 amide bonds. The number of carbonyl (C=O) groups is 2. The molecule has 1 fully saturated rings. The van der Waals surface area contributed by atoms with E-state index in [-0.39, 0.29) is 18.4 Å². The summed E-state index contributed by atoms with van der Waals surface area (Å²) in [5.41, 5.74) is 0. The molecule has 2 heterocycles. The molecule has 1 aromatic rings. The number of hydrogen-bond donors (Lipinski definition) is 1. The fourth-order valence-corrected chi connectivity index (χ4v) is 2.16. The molecule has 1 unspecified atom stereocenters. The molecule has 1 N–H and O–H groups in total. The lowest BCUT2D eigenvalue weighted by atomic mass is 10.1. The number of aromatic nitrogens is 3. The Hall–Kier alpha value is -1.92. The maximum atomic E-state index is 12.2. The summed E-state index contributed by atoms with van der Waals surface area (Å²) in [6, 6.07) is -0.413. The van der Waals surface area contributed by atoms with Crippen LogP contribution in [-0.4, -0.2) is 44.1 Å². The topological polar surface area (TPSA) is 80.1 Å². The van der Waals surface area contributed by atoms with Gasteiger partial charge in [0, 0.05) is 6.54 Å². The minimum Gasteiger partial charge on any atom is -0.343 e. The number of rotatable bonds is 5. The van der Waals surface area contributed by atoms with Gasteiger partial charge in [-0.1, -0.05) is 13.8 Å². The van der Waals surface area contributed by atoms with E-state index in [9.17, 15) is 9.59 Å². The van der Waals surface area contributed by atoms with E-state index in [2.05, 4.69) is 22.3 Å². The lowest BCUT2D eigenvalue weighted by Gasteiger charge is -2.31. The van der Waals surface area contributed by atoms with E-state index < -0.39 is 6.04 Å². The van der Waals surface area contributed by atoms with Crippen molar-refractivity contribution in [2.75, 3.05) is 6.54 Å². The summed E-state index contributed by atoms with van der Waals surface area (Å²) in [6.07, 6.45) is 3.03. The minimum absolute atomic E-state index is 0.0480. The molecule has 0 radical (unpaired) electrons. The predicted octanol–water partition coefficient (Wildman–Crippen LogP) is -0.0749. The van der Waals surface area contributed by atoms with Crippen LogP contribution in [0.25, 0.3) is 0 Å². The van der Waals surface area contributed by atoms with Gasteiger partial charge in [-0.3, -0.25) is 9.59 Å². The quantitative estimate of drug-likeness (QED) is 0.808. The summed E-state index contributed by atoms with van der Waals surface area (Å²) in [5.74, 6) is 0.556. The van der Waals surface area contributed by atoms with Gasteiger partial charge in [0.1, 0.15) is 24.7 Å². The molecular weight excluding hydrogens is 246 g/mol. The first-order valence-electron chi connectivity index (χ1n) is 6.60. The Kier molecular flexibility index (Phi) is 4.13. The van der Waals surface area contributed by atoms with E-state index in [1.54, 1.807) is 9.58 Å². The molecule has 1 saturated heterocycles. The fraction of sp³-hybridized carbons (Fsp3) is 0.667. The lowest BCUT2D eigenvalue weighted by Crippen LogP contribution is -2.57. The monoisotopic (exact) mass is 265 g/mol. The standard InChI is InChI=1S/C12H19N5O2/c1-3-5-17-10(13-8-14-17)6-16-7-11(18)15-9(4-2)12(16)19/h8-9H,3-7H2,1-2H3,(H,15,18). The highest BCUT2D eigenvalue weighted by molar-refractivity contribution is 5.94. The molecule has 7 nitrogen and oxygen atoms in total. The van der Waals surface area contributed by atoms with Gasteiger partial charge in [0.25, 0.3) is 0 Å². The van der Waals surface area contributed by atoms with Gasteiger partial charge in [0.2, 0.25) is 11.8 Å². The molecule has 1 aliphatic heterocycles. The summed E-state index contributed by atoms with van der Waals surface area (Å²) in [4.78, 5) is 29.4. The molecule has 1 aliphatic rings. The molecule has 104 valence electrons. The van der Waals surface area contributed by atoms with Crippen molar-refractivity contribution in [2.45, 2.75) is 45.8 Å². The zero-order valence-corrected chi connectivity index (χ0v) is 11.3. The van der Waals surface area contributed by atoms with Gasteiger partial charge in [-0.15, -0.1) is 0 Å². The van der Waals surface area contributed by atoms with Crippen LogP contribution in [0.4, 0.5) is 0 Å². The SMILES string of the molecule is CCCn1ncnc1CN1CC(=O)NC(CC)C1=O. The van der Waals surface area contributed by atoms with Crippen molar-refractivity contribution in [3.05, 3.63) is 12.2 Å². The van der Waals surface area contributed by atoms with Crippen LogP contribution in [0.1, 0.15) is 32.5 Å². The number of amides is 2. The minimum atomic E-state index is -0.413. The first kappa shape index (κ1) is 13.5. The third-order valence-electron chi connectivity index (χ3n) is 3.15. The second kappa shape index (κ2) is 5.81. The van der Waals surface area contributed by atoms with E-state index in [0.29, 0.717) is 13.0 Å². The molecule has 19 heavy (non-hydrogen) atoms. The summed E-state index contributed by atoms with van der Waals surface area (Å²) < 4.78 is 1.78. The number of aryl methyl sites for hydroxylation is 1. The molecule has 1 atom stereocenters. The van der Waals surface area contributed by atoms with Crippen LogP contribution in [0.3, 0.4) is 0 Å². The molecule has 1 aromatic heterocycles. The largest absolute Gasteiger partial charge is 0.343 e. The Morgan fingerprint density at radius 1 is 1.42 bits per heavy atom. The fourth-order valence-electron chi connectivity index (χ4n) is 2.16. The van der Waals surface area contributed by atoms with Crippen LogP contribution in [0.5, 0.6) is 0 Å². The van der Waals surface area contributed by atoms with E-state index in [0.717, 1.165) is 18.8 Å². The Morgan fingerprint density at radius 2 is 2.21 bits per heavy atom. The van der Waals surface area contributed by atoms with Gasteiger partial charge >= 0.3 is 0 Å². The number of nitrogens with zero attached hydrogens (tertiary/aromatic N) is 4. The van der Waals surface area contributed by atoms with Gasteiger partial charge in [0.05, 0.1) is 6.54 Å². The zero-order chi connectivity index (χ0) is 13.8. The molecule has 2 rings (SSSR count). The van der Waals surface area contributed by atoms with Crippen molar-refractivity contribution >= 4 is 11.8 Å². The molecule has 7 heteroatoms.